The molecule has 1 aromatic rings. The van der Waals surface area contributed by atoms with Gasteiger partial charge >= 0.3 is 6.03 Å². The summed E-state index contributed by atoms with van der Waals surface area (Å²) >= 11 is 0. The van der Waals surface area contributed by atoms with Crippen molar-refractivity contribution in [2.75, 3.05) is 52.8 Å². The van der Waals surface area contributed by atoms with E-state index in [9.17, 15) is 9.90 Å². The third kappa shape index (κ3) is 4.59. The quantitative estimate of drug-likeness (QED) is 0.869. The van der Waals surface area contributed by atoms with E-state index >= 15 is 0 Å². The van der Waals surface area contributed by atoms with E-state index in [-0.39, 0.29) is 18.1 Å². The van der Waals surface area contributed by atoms with Gasteiger partial charge < -0.3 is 25.0 Å². The van der Waals surface area contributed by atoms with E-state index in [4.69, 9.17) is 4.74 Å². The molecule has 2 rings (SSSR count). The van der Waals surface area contributed by atoms with Crippen molar-refractivity contribution >= 4 is 11.7 Å². The Morgan fingerprint density at radius 1 is 1.39 bits per heavy atom. The van der Waals surface area contributed by atoms with Crippen LogP contribution in [0.3, 0.4) is 0 Å². The summed E-state index contributed by atoms with van der Waals surface area (Å²) in [5, 5.41) is 12.7. The van der Waals surface area contributed by atoms with Crippen molar-refractivity contribution in [3.63, 3.8) is 0 Å². The minimum Gasteiger partial charge on any atom is -0.497 e. The van der Waals surface area contributed by atoms with E-state index < -0.39 is 0 Å². The molecule has 128 valence electrons. The first-order chi connectivity index (χ1) is 11.0. The number of aliphatic hydroxyl groups is 1. The van der Waals surface area contributed by atoms with Gasteiger partial charge in [-0.15, -0.1) is 0 Å². The predicted molar refractivity (Wildman–Crippen MR) is 90.9 cm³/mol. The SMILES string of the molecule is COc1cccc(NC(=O)N2CCC(CO)(CN(C)C)CC2)c1. The molecule has 1 saturated heterocycles. The first-order valence-corrected chi connectivity index (χ1v) is 7.94. The van der Waals surface area contributed by atoms with Crippen molar-refractivity contribution < 1.29 is 14.6 Å². The van der Waals surface area contributed by atoms with Crippen LogP contribution in [0.1, 0.15) is 12.8 Å². The highest BCUT2D eigenvalue weighted by atomic mass is 16.5. The Kier molecular flexibility index (Phi) is 5.85. The highest BCUT2D eigenvalue weighted by Crippen LogP contribution is 2.32. The van der Waals surface area contributed by atoms with Crippen LogP contribution in [-0.2, 0) is 0 Å². The molecule has 0 radical (unpaired) electrons. The second-order valence-electron chi connectivity index (χ2n) is 6.55. The number of rotatable bonds is 5. The van der Waals surface area contributed by atoms with Crippen LogP contribution in [0.15, 0.2) is 24.3 Å². The minimum absolute atomic E-state index is 0.101. The Hall–Kier alpha value is -1.79. The molecule has 0 bridgehead atoms. The zero-order valence-corrected chi connectivity index (χ0v) is 14.2. The second kappa shape index (κ2) is 7.66. The number of piperidine rings is 1. The zero-order chi connectivity index (χ0) is 16.9. The third-order valence-electron chi connectivity index (χ3n) is 4.42. The van der Waals surface area contributed by atoms with Crippen LogP contribution in [0.5, 0.6) is 5.75 Å². The monoisotopic (exact) mass is 321 g/mol. The van der Waals surface area contributed by atoms with E-state index in [1.165, 1.54) is 0 Å². The fourth-order valence-electron chi connectivity index (χ4n) is 3.12. The summed E-state index contributed by atoms with van der Waals surface area (Å²) in [5.41, 5.74) is 0.623. The maximum absolute atomic E-state index is 12.4. The van der Waals surface area contributed by atoms with Crippen molar-refractivity contribution in [1.82, 2.24) is 9.80 Å². The summed E-state index contributed by atoms with van der Waals surface area (Å²) in [4.78, 5) is 16.3. The van der Waals surface area contributed by atoms with Gasteiger partial charge in [0.1, 0.15) is 5.75 Å². The molecule has 0 saturated carbocycles. The summed E-state index contributed by atoms with van der Waals surface area (Å²) in [6, 6.07) is 7.22. The Morgan fingerprint density at radius 3 is 2.65 bits per heavy atom. The minimum atomic E-state index is -0.102. The molecular formula is C17H27N3O3. The molecule has 0 atom stereocenters. The molecule has 1 aliphatic rings. The summed E-state index contributed by atoms with van der Waals surface area (Å²) in [7, 11) is 5.63. The number of nitrogens with zero attached hydrogens (tertiary/aromatic N) is 2. The predicted octanol–water partition coefficient (Wildman–Crippen LogP) is 1.86. The van der Waals surface area contributed by atoms with Gasteiger partial charge in [0.15, 0.2) is 0 Å². The van der Waals surface area contributed by atoms with Crippen LogP contribution in [0.2, 0.25) is 0 Å². The van der Waals surface area contributed by atoms with E-state index in [1.54, 1.807) is 13.2 Å². The van der Waals surface area contributed by atoms with Gasteiger partial charge in [-0.2, -0.15) is 0 Å². The number of benzene rings is 1. The molecule has 23 heavy (non-hydrogen) atoms. The number of likely N-dealkylation sites (tertiary alicyclic amines) is 1. The Labute approximate surface area is 138 Å². The third-order valence-corrected chi connectivity index (χ3v) is 4.42. The van der Waals surface area contributed by atoms with Crippen LogP contribution in [0.25, 0.3) is 0 Å². The largest absolute Gasteiger partial charge is 0.497 e. The van der Waals surface area contributed by atoms with Crippen LogP contribution in [0, 0.1) is 5.41 Å². The second-order valence-corrected chi connectivity index (χ2v) is 6.55. The average Bonchev–Trinajstić information content (AvgIpc) is 2.55. The number of hydrogen-bond donors (Lipinski definition) is 2. The fraction of sp³-hybridized carbons (Fsp3) is 0.588. The molecular weight excluding hydrogens is 294 g/mol. The number of methoxy groups -OCH3 is 1. The summed E-state index contributed by atoms with van der Waals surface area (Å²) in [6.07, 6.45) is 1.63. The van der Waals surface area contributed by atoms with Gasteiger partial charge in [0.05, 0.1) is 13.7 Å². The standard InChI is InChI=1S/C17H27N3O3/c1-19(2)12-17(13-21)7-9-20(10-8-17)16(22)18-14-5-4-6-15(11-14)23-3/h4-6,11,21H,7-10,12-13H2,1-3H3,(H,18,22). The molecule has 6 nitrogen and oxygen atoms in total. The molecule has 6 heteroatoms. The number of amides is 2. The Morgan fingerprint density at radius 2 is 2.09 bits per heavy atom. The van der Waals surface area contributed by atoms with Gasteiger partial charge in [0.25, 0.3) is 0 Å². The van der Waals surface area contributed by atoms with Gasteiger partial charge in [0, 0.05) is 36.8 Å². The number of urea groups is 1. The summed E-state index contributed by atoms with van der Waals surface area (Å²) in [6.45, 7) is 2.32. The first kappa shape index (κ1) is 17.6. The topological polar surface area (TPSA) is 65.0 Å². The lowest BCUT2D eigenvalue weighted by Gasteiger charge is -2.42. The molecule has 0 aromatic heterocycles. The van der Waals surface area contributed by atoms with E-state index in [1.807, 2.05) is 37.2 Å². The maximum atomic E-state index is 12.4. The Balaban J connectivity index is 1.92. The number of carbonyl (C=O) groups excluding carboxylic acids is 1. The lowest BCUT2D eigenvalue weighted by molar-refractivity contribution is 0.0358. The molecule has 0 unspecified atom stereocenters. The number of ether oxygens (including phenoxy) is 1. The summed E-state index contributed by atoms with van der Waals surface area (Å²) in [5.74, 6) is 0.715. The van der Waals surface area contributed by atoms with Gasteiger partial charge in [-0.05, 0) is 39.1 Å². The van der Waals surface area contributed by atoms with Crippen LogP contribution < -0.4 is 10.1 Å². The normalized spacial score (nSPS) is 17.2. The molecule has 0 spiro atoms. The van der Waals surface area contributed by atoms with Crippen molar-refractivity contribution in [2.24, 2.45) is 5.41 Å². The average molecular weight is 321 g/mol. The van der Waals surface area contributed by atoms with Gasteiger partial charge in [-0.25, -0.2) is 4.79 Å². The number of nitrogens with one attached hydrogen (secondary N) is 1. The highest BCUT2D eigenvalue weighted by Gasteiger charge is 2.35. The molecule has 1 heterocycles. The highest BCUT2D eigenvalue weighted by molar-refractivity contribution is 5.89. The molecule has 2 N–H and O–H groups in total. The maximum Gasteiger partial charge on any atom is 0.321 e. The first-order valence-electron chi connectivity index (χ1n) is 7.94. The summed E-state index contributed by atoms with van der Waals surface area (Å²) < 4.78 is 5.16. The fourth-order valence-corrected chi connectivity index (χ4v) is 3.12. The molecule has 1 fully saturated rings. The number of aliphatic hydroxyl groups excluding tert-OH is 1. The lowest BCUT2D eigenvalue weighted by atomic mass is 9.79. The molecule has 0 aliphatic carbocycles. The number of hydrogen-bond acceptors (Lipinski definition) is 4. The zero-order valence-electron chi connectivity index (χ0n) is 14.2. The van der Waals surface area contributed by atoms with Crippen LogP contribution in [0.4, 0.5) is 10.5 Å². The number of carbonyl (C=O) groups is 1. The molecule has 2 amide bonds. The van der Waals surface area contributed by atoms with E-state index in [0.717, 1.165) is 25.1 Å². The van der Waals surface area contributed by atoms with Crippen molar-refractivity contribution in [1.29, 1.82) is 0 Å². The smallest absolute Gasteiger partial charge is 0.321 e. The lowest BCUT2D eigenvalue weighted by Crippen LogP contribution is -2.49. The molecule has 1 aliphatic heterocycles. The molecule has 1 aromatic carbocycles. The number of anilines is 1. The van der Waals surface area contributed by atoms with Crippen molar-refractivity contribution in [3.05, 3.63) is 24.3 Å². The van der Waals surface area contributed by atoms with Gasteiger partial charge in [-0.1, -0.05) is 6.07 Å². The van der Waals surface area contributed by atoms with Gasteiger partial charge in [0.2, 0.25) is 0 Å². The van der Waals surface area contributed by atoms with Crippen molar-refractivity contribution in [3.8, 4) is 5.75 Å². The van der Waals surface area contributed by atoms with E-state index in [0.29, 0.717) is 18.8 Å². The van der Waals surface area contributed by atoms with Gasteiger partial charge in [-0.3, -0.25) is 0 Å². The van der Waals surface area contributed by atoms with Crippen LogP contribution in [-0.4, -0.2) is 68.4 Å². The van der Waals surface area contributed by atoms with E-state index in [2.05, 4.69) is 10.2 Å². The van der Waals surface area contributed by atoms with Crippen molar-refractivity contribution in [2.45, 2.75) is 12.8 Å². The Bertz CT molecular complexity index is 526. The van der Waals surface area contributed by atoms with Crippen LogP contribution >= 0.6 is 0 Å².